The maximum Gasteiger partial charge on any atom is 0.250 e. The topological polar surface area (TPSA) is 59.9 Å². The van der Waals surface area contributed by atoms with Gasteiger partial charge in [-0.3, -0.25) is 4.79 Å². The first-order chi connectivity index (χ1) is 16.0. The number of rotatable bonds is 10. The lowest BCUT2D eigenvalue weighted by Crippen LogP contribution is -2.19. The van der Waals surface area contributed by atoms with E-state index in [1.54, 1.807) is 19.4 Å². The molecule has 0 bridgehead atoms. The van der Waals surface area contributed by atoms with Gasteiger partial charge in [0.1, 0.15) is 6.61 Å². The Balaban J connectivity index is 1.54. The van der Waals surface area contributed by atoms with Gasteiger partial charge < -0.3 is 9.47 Å². The smallest absolute Gasteiger partial charge is 0.250 e. The zero-order valence-electron chi connectivity index (χ0n) is 17.7. The Hall–Kier alpha value is -2.00. The third-order valence-corrected chi connectivity index (χ3v) is 7.15. The molecular formula is C24H21Br2ClN2O3S. The van der Waals surface area contributed by atoms with Gasteiger partial charge in [0, 0.05) is 20.8 Å². The lowest BCUT2D eigenvalue weighted by molar-refractivity contribution is -0.118. The third-order valence-electron chi connectivity index (χ3n) is 4.43. The number of benzene rings is 3. The summed E-state index contributed by atoms with van der Waals surface area (Å²) in [6.45, 7) is 0.301. The molecule has 5 nitrogen and oxygen atoms in total. The van der Waals surface area contributed by atoms with Crippen molar-refractivity contribution < 1.29 is 14.3 Å². The van der Waals surface area contributed by atoms with E-state index in [-0.39, 0.29) is 5.91 Å². The maximum atomic E-state index is 12.1. The number of carbonyl (C=O) groups is 1. The number of nitrogens with one attached hydrogen (secondary N) is 1. The molecule has 0 saturated heterocycles. The van der Waals surface area contributed by atoms with Crippen molar-refractivity contribution in [2.24, 2.45) is 5.10 Å². The van der Waals surface area contributed by atoms with E-state index in [2.05, 4.69) is 42.4 Å². The van der Waals surface area contributed by atoms with Gasteiger partial charge in [0.05, 0.1) is 23.5 Å². The molecule has 0 aliphatic rings. The molecule has 0 spiro atoms. The van der Waals surface area contributed by atoms with Crippen LogP contribution in [0.5, 0.6) is 11.5 Å². The summed E-state index contributed by atoms with van der Waals surface area (Å²) in [5, 5.41) is 4.69. The molecule has 0 atom stereocenters. The van der Waals surface area contributed by atoms with Gasteiger partial charge in [-0.1, -0.05) is 63.9 Å². The number of hydrogen-bond acceptors (Lipinski definition) is 5. The van der Waals surface area contributed by atoms with Crippen molar-refractivity contribution in [3.05, 3.63) is 91.3 Å². The molecule has 0 aromatic heterocycles. The average molecular weight is 613 g/mol. The number of carbonyl (C=O) groups excluding carboxylic acids is 1. The summed E-state index contributed by atoms with van der Waals surface area (Å²) in [6.07, 6.45) is 1.56. The van der Waals surface area contributed by atoms with Crippen LogP contribution in [0.1, 0.15) is 16.7 Å². The zero-order chi connectivity index (χ0) is 23.6. The predicted molar refractivity (Wildman–Crippen MR) is 143 cm³/mol. The summed E-state index contributed by atoms with van der Waals surface area (Å²) >= 11 is 14.8. The molecule has 9 heteroatoms. The van der Waals surface area contributed by atoms with Gasteiger partial charge in [-0.25, -0.2) is 5.43 Å². The summed E-state index contributed by atoms with van der Waals surface area (Å²) in [6, 6.07) is 19.1. The first-order valence-electron chi connectivity index (χ1n) is 9.84. The Bertz CT molecular complexity index is 1140. The summed E-state index contributed by atoms with van der Waals surface area (Å²) in [5.41, 5.74) is 5.31. The normalized spacial score (nSPS) is 10.9. The Morgan fingerprint density at radius 3 is 2.55 bits per heavy atom. The van der Waals surface area contributed by atoms with Crippen LogP contribution in [0.3, 0.4) is 0 Å². The highest BCUT2D eigenvalue weighted by molar-refractivity contribution is 9.10. The summed E-state index contributed by atoms with van der Waals surface area (Å²) in [5.74, 6) is 1.96. The number of halogens is 3. The van der Waals surface area contributed by atoms with E-state index >= 15 is 0 Å². The van der Waals surface area contributed by atoms with Crippen molar-refractivity contribution >= 4 is 67.3 Å². The Kier molecular flexibility index (Phi) is 10.1. The number of ether oxygens (including phenoxy) is 2. The highest BCUT2D eigenvalue weighted by Crippen LogP contribution is 2.37. The fourth-order valence-corrected chi connectivity index (χ4v) is 5.00. The van der Waals surface area contributed by atoms with E-state index in [9.17, 15) is 4.79 Å². The highest BCUT2D eigenvalue weighted by Gasteiger charge is 2.12. The standard InChI is InChI=1S/C24H21Br2ClN2O3S/c1-31-22-11-16(10-20(26)24(22)32-13-17-6-3-5-9-21(17)27)12-28-29-23(30)15-33-14-18-7-2-4-8-19(18)25/h2-12H,13-15H2,1H3,(H,29,30)/b28-12+. The molecule has 1 amide bonds. The molecule has 0 aliphatic carbocycles. The largest absolute Gasteiger partial charge is 0.493 e. The molecule has 0 saturated carbocycles. The number of nitrogens with zero attached hydrogens (tertiary/aromatic N) is 1. The van der Waals surface area contributed by atoms with Gasteiger partial charge in [-0.15, -0.1) is 11.8 Å². The Morgan fingerprint density at radius 1 is 1.09 bits per heavy atom. The summed E-state index contributed by atoms with van der Waals surface area (Å²) < 4.78 is 13.1. The van der Waals surface area contributed by atoms with E-state index < -0.39 is 0 Å². The van der Waals surface area contributed by atoms with Crippen LogP contribution in [0.15, 0.2) is 74.7 Å². The molecule has 0 unspecified atom stereocenters. The first-order valence-corrected chi connectivity index (χ1v) is 13.0. The molecule has 1 N–H and O–H groups in total. The van der Waals surface area contributed by atoms with Crippen molar-refractivity contribution in [1.29, 1.82) is 0 Å². The lowest BCUT2D eigenvalue weighted by Gasteiger charge is -2.14. The first kappa shape index (κ1) is 25.6. The van der Waals surface area contributed by atoms with Gasteiger partial charge in [-0.05, 0) is 51.3 Å². The monoisotopic (exact) mass is 610 g/mol. The van der Waals surface area contributed by atoms with Crippen molar-refractivity contribution in [2.45, 2.75) is 12.4 Å². The minimum Gasteiger partial charge on any atom is -0.493 e. The van der Waals surface area contributed by atoms with E-state index in [0.29, 0.717) is 33.4 Å². The van der Waals surface area contributed by atoms with Crippen molar-refractivity contribution in [3.8, 4) is 11.5 Å². The number of methoxy groups -OCH3 is 1. The second-order valence-electron chi connectivity index (χ2n) is 6.79. The minimum absolute atomic E-state index is 0.172. The SMILES string of the molecule is COc1cc(/C=N/NC(=O)CSCc2ccccc2Br)cc(Br)c1OCc1ccccc1Cl. The van der Waals surface area contributed by atoms with Crippen LogP contribution in [0.4, 0.5) is 0 Å². The summed E-state index contributed by atoms with van der Waals surface area (Å²) in [7, 11) is 1.56. The quantitative estimate of drug-likeness (QED) is 0.201. The van der Waals surface area contributed by atoms with Crippen LogP contribution in [-0.4, -0.2) is 25.0 Å². The fraction of sp³-hybridized carbons (Fsp3) is 0.167. The van der Waals surface area contributed by atoms with Crippen LogP contribution in [0.25, 0.3) is 0 Å². The van der Waals surface area contributed by atoms with Crippen LogP contribution in [0, 0.1) is 0 Å². The Morgan fingerprint density at radius 2 is 1.82 bits per heavy atom. The minimum atomic E-state index is -0.172. The van der Waals surface area contributed by atoms with Gasteiger partial charge in [-0.2, -0.15) is 5.10 Å². The highest BCUT2D eigenvalue weighted by atomic mass is 79.9. The molecule has 0 radical (unpaired) electrons. The molecular weight excluding hydrogens is 592 g/mol. The van der Waals surface area contributed by atoms with E-state index in [1.807, 2.05) is 54.6 Å². The number of hydrogen-bond donors (Lipinski definition) is 1. The second kappa shape index (κ2) is 13.0. The average Bonchev–Trinajstić information content (AvgIpc) is 2.80. The number of thioether (sulfide) groups is 1. The van der Waals surface area contributed by atoms with Crippen molar-refractivity contribution in [1.82, 2.24) is 5.43 Å². The fourth-order valence-electron chi connectivity index (χ4n) is 2.80. The number of hydrazone groups is 1. The van der Waals surface area contributed by atoms with Gasteiger partial charge in [0.15, 0.2) is 11.5 Å². The molecule has 172 valence electrons. The van der Waals surface area contributed by atoms with Crippen molar-refractivity contribution in [3.63, 3.8) is 0 Å². The summed E-state index contributed by atoms with van der Waals surface area (Å²) in [4.78, 5) is 12.1. The van der Waals surface area contributed by atoms with Gasteiger partial charge in [0.25, 0.3) is 0 Å². The molecule has 0 fully saturated rings. The van der Waals surface area contributed by atoms with E-state index in [1.165, 1.54) is 11.8 Å². The van der Waals surface area contributed by atoms with Crippen LogP contribution in [0.2, 0.25) is 5.02 Å². The van der Waals surface area contributed by atoms with E-state index in [0.717, 1.165) is 26.9 Å². The second-order valence-corrected chi connectivity index (χ2v) is 9.89. The molecule has 0 aliphatic heterocycles. The predicted octanol–water partition coefficient (Wildman–Crippen LogP) is 6.84. The molecule has 3 rings (SSSR count). The Labute approximate surface area is 219 Å². The van der Waals surface area contributed by atoms with E-state index in [4.69, 9.17) is 21.1 Å². The van der Waals surface area contributed by atoms with Crippen LogP contribution < -0.4 is 14.9 Å². The lowest BCUT2D eigenvalue weighted by atomic mass is 10.2. The van der Waals surface area contributed by atoms with Crippen LogP contribution >= 0.6 is 55.2 Å². The maximum absolute atomic E-state index is 12.1. The third kappa shape index (κ3) is 7.78. The van der Waals surface area contributed by atoms with Crippen molar-refractivity contribution in [2.75, 3.05) is 12.9 Å². The zero-order valence-corrected chi connectivity index (χ0v) is 22.4. The number of amides is 1. The van der Waals surface area contributed by atoms with Gasteiger partial charge in [0.2, 0.25) is 5.91 Å². The van der Waals surface area contributed by atoms with Crippen LogP contribution in [-0.2, 0) is 17.2 Å². The molecule has 33 heavy (non-hydrogen) atoms. The van der Waals surface area contributed by atoms with Gasteiger partial charge >= 0.3 is 0 Å². The molecule has 0 heterocycles. The molecule has 3 aromatic carbocycles. The molecule has 3 aromatic rings.